The number of aromatic nitrogens is 8. The molecule has 1 fully saturated rings. The van der Waals surface area contributed by atoms with E-state index in [0.717, 1.165) is 92.9 Å². The van der Waals surface area contributed by atoms with E-state index in [-0.39, 0.29) is 195 Å². The van der Waals surface area contributed by atoms with Crippen molar-refractivity contribution in [2.45, 2.75) is 38.9 Å². The molecular weight excluding hydrogens is 1680 g/mol. The summed E-state index contributed by atoms with van der Waals surface area (Å²) in [5.41, 5.74) is 14.6. The number of hydrogen-bond donors (Lipinski definition) is 4. The molecule has 4 N–H and O–H groups in total. The van der Waals surface area contributed by atoms with Crippen LogP contribution in [0.4, 0.5) is 0 Å². The zero-order valence-electron chi connectivity index (χ0n) is 51.3. The molecule has 0 amide bonds. The van der Waals surface area contributed by atoms with E-state index in [1.165, 1.54) is 28.1 Å². The molecule has 1 aliphatic rings. The van der Waals surface area contributed by atoms with E-state index in [4.69, 9.17) is 40.6 Å². The molecular formula is C64H74BBrN8O2P6V6W. The van der Waals surface area contributed by atoms with Crippen molar-refractivity contribution in [3.63, 3.8) is 0 Å². The van der Waals surface area contributed by atoms with Crippen molar-refractivity contribution >= 4 is 147 Å². The number of imidazole rings is 4. The topological polar surface area (TPSA) is 133 Å². The second-order valence-corrected chi connectivity index (χ2v) is 23.7. The molecule has 10 nitrogen and oxygen atoms in total. The van der Waals surface area contributed by atoms with Crippen LogP contribution in [-0.4, -0.2) is 58.2 Å². The van der Waals surface area contributed by atoms with Crippen LogP contribution in [0.5, 0.6) is 0 Å². The summed E-state index contributed by atoms with van der Waals surface area (Å²) in [6.07, 6.45) is 3.68. The SMILES string of the molecule is [CH-]=CP.[CH-]=CP.[CH-]=CPc1nc2c(ccc3cc(B4OC(C)(C)C(C)(C)O4)ccc32)[nH]1.[CH-]=CPc1ncc(-c2ccc(-c3ccc4c(ccc5[nH]c(PC=[CH-])nc54)c3)cc2)[nH]1.[CH-]=CPc1ncc(-c2ccc(Br)cc2)[nH]1.[CH3-].[CH3-].[CH3-].[CH3-].[CH3-].[CH3-].[V+2].[V+2].[V+2].[V+2].[V+2].[V+2].[W]. The first-order valence-electron chi connectivity index (χ1n) is 23.6. The molecule has 5 heterocycles. The van der Waals surface area contributed by atoms with Crippen LogP contribution in [0.15, 0.2) is 161 Å². The van der Waals surface area contributed by atoms with E-state index in [2.05, 4.69) is 195 Å². The predicted octanol–water partition coefficient (Wildman–Crippen LogP) is 15.9. The van der Waals surface area contributed by atoms with Gasteiger partial charge in [0.25, 0.3) is 0 Å². The number of nitrogens with one attached hydrogen (secondary N) is 4. The van der Waals surface area contributed by atoms with Crippen molar-refractivity contribution in [1.29, 1.82) is 0 Å². The fourth-order valence-corrected chi connectivity index (χ4v) is 10.3. The molecule has 6 unspecified atom stereocenters. The number of rotatable bonds is 12. The molecule has 0 aliphatic carbocycles. The smallest absolute Gasteiger partial charge is 0.514 e. The Labute approximate surface area is 639 Å². The Morgan fingerprint density at radius 2 is 0.798 bits per heavy atom. The summed E-state index contributed by atoms with van der Waals surface area (Å²) in [6.45, 7) is 39.6. The molecule has 11 rings (SSSR count). The van der Waals surface area contributed by atoms with Crippen LogP contribution in [0.2, 0.25) is 0 Å². The molecule has 0 bridgehead atoms. The summed E-state index contributed by atoms with van der Waals surface area (Å²) in [6, 6.07) is 37.7. The van der Waals surface area contributed by atoms with E-state index in [0.29, 0.717) is 34.3 Å². The van der Waals surface area contributed by atoms with Crippen molar-refractivity contribution < 1.29 is 142 Å². The van der Waals surface area contributed by atoms with Gasteiger partial charge in [0.1, 0.15) is 22.3 Å². The van der Waals surface area contributed by atoms with Crippen molar-refractivity contribution in [3.05, 3.63) is 245 Å². The van der Waals surface area contributed by atoms with Crippen LogP contribution in [-0.2, 0) is 142 Å². The van der Waals surface area contributed by atoms with Gasteiger partial charge in [-0.3, -0.25) is 11.6 Å². The van der Waals surface area contributed by atoms with E-state index < -0.39 is 0 Å². The Morgan fingerprint density at radius 3 is 1.19 bits per heavy atom. The van der Waals surface area contributed by atoms with Gasteiger partial charge in [-0.15, -0.1) is 0 Å². The first-order valence-corrected chi connectivity index (χ1v) is 30.0. The first-order chi connectivity index (χ1) is 36.7. The molecule has 4 aromatic heterocycles. The van der Waals surface area contributed by atoms with Gasteiger partial charge in [0.15, 0.2) is 0 Å². The second-order valence-electron chi connectivity index (χ2n) is 17.6. The molecule has 1 aliphatic heterocycles. The minimum absolute atomic E-state index is 0. The van der Waals surface area contributed by atoms with Gasteiger partial charge in [-0.1, -0.05) is 129 Å². The molecule has 89 heavy (non-hydrogen) atoms. The van der Waals surface area contributed by atoms with Crippen LogP contribution >= 0.6 is 68.7 Å². The van der Waals surface area contributed by atoms with Gasteiger partial charge in [-0.05, 0) is 96.5 Å². The maximum absolute atomic E-state index is 6.16. The van der Waals surface area contributed by atoms with Crippen molar-refractivity contribution in [2.24, 2.45) is 0 Å². The molecule has 6 atom stereocenters. The van der Waals surface area contributed by atoms with E-state index >= 15 is 0 Å². The fraction of sp³-hybridized carbons (Fsp3) is 0.0938. The van der Waals surface area contributed by atoms with Gasteiger partial charge in [0, 0.05) is 36.3 Å². The van der Waals surface area contributed by atoms with Crippen LogP contribution in [0.3, 0.4) is 0 Å². The molecule has 0 spiro atoms. The molecule has 6 aromatic carbocycles. The average Bonchev–Trinajstić information content (AvgIpc) is 4.37. The van der Waals surface area contributed by atoms with Gasteiger partial charge < -0.3 is 113 Å². The molecule has 6 radical (unpaired) electrons. The van der Waals surface area contributed by atoms with E-state index in [1.807, 2.05) is 36.7 Å². The number of H-pyrrole nitrogens is 4. The number of hydrogen-bond acceptors (Lipinski definition) is 6. The van der Waals surface area contributed by atoms with Gasteiger partial charge in [-0.25, -0.2) is 43.2 Å². The van der Waals surface area contributed by atoms with E-state index in [1.54, 1.807) is 23.3 Å². The van der Waals surface area contributed by atoms with Gasteiger partial charge >= 0.3 is 118 Å². The molecule has 10 aromatic rings. The summed E-state index contributed by atoms with van der Waals surface area (Å²) < 4.78 is 13.4. The Morgan fingerprint density at radius 1 is 0.461 bits per heavy atom. The van der Waals surface area contributed by atoms with Gasteiger partial charge in [-0.2, -0.15) is 18.5 Å². The van der Waals surface area contributed by atoms with Crippen molar-refractivity contribution in [2.75, 3.05) is 0 Å². The van der Waals surface area contributed by atoms with Crippen LogP contribution in [0.1, 0.15) is 27.7 Å². The number of aromatic amines is 4. The summed E-state index contributed by atoms with van der Waals surface area (Å²) in [5, 5.41) is 4.54. The minimum atomic E-state index is -0.354. The second kappa shape index (κ2) is 49.4. The molecule has 25 heteroatoms. The number of halogens is 1. The maximum Gasteiger partial charge on any atom is 2.00 e. The predicted molar refractivity (Wildman–Crippen MR) is 381 cm³/mol. The zero-order valence-corrected chi connectivity index (χ0v) is 70.5. The van der Waals surface area contributed by atoms with Gasteiger partial charge in [0.05, 0.1) is 57.1 Å². The summed E-state index contributed by atoms with van der Waals surface area (Å²) in [5.74, 6) is 9.35. The van der Waals surface area contributed by atoms with Crippen LogP contribution in [0, 0.1) is 84.0 Å². The molecule has 458 valence electrons. The Balaban J connectivity index is -0.000000209. The van der Waals surface area contributed by atoms with Crippen molar-refractivity contribution in [1.82, 2.24) is 39.9 Å². The van der Waals surface area contributed by atoms with Gasteiger partial charge in [0.2, 0.25) is 0 Å². The maximum atomic E-state index is 6.16. The zero-order chi connectivity index (χ0) is 54.4. The largest absolute Gasteiger partial charge is 2.00 e. The Kier molecular flexibility index (Phi) is 56.3. The summed E-state index contributed by atoms with van der Waals surface area (Å²) >= 11 is 3.40. The third kappa shape index (κ3) is 27.1. The third-order valence-corrected chi connectivity index (χ3v) is 15.5. The van der Waals surface area contributed by atoms with Crippen molar-refractivity contribution in [3.8, 4) is 33.6 Å². The monoisotopic (exact) mass is 1750 g/mol. The van der Waals surface area contributed by atoms with E-state index in [9.17, 15) is 0 Å². The van der Waals surface area contributed by atoms with Crippen LogP contribution < -0.4 is 27.7 Å². The fourth-order valence-electron chi connectivity index (χ4n) is 7.93. The standard InChI is InChI=1S/C24H18N4P2.C19H21BN2O2P.C11H9BrN2P.2C2H4P.6CH3.6V.W/c1-3-29-23-25-14-21(27-23)16-7-5-15(6-8-16)17-9-11-19-18(13-17)10-12-20-22(19)28-24(26-20)30-4-2;1-6-25-17-21-15-10-7-12-11-13(8-9-14(12)16(15)22-17)20-23-18(2,3)19(4,5)24-20;1-2-15-11-13-7-10(14-11)8-3-5-9(12)6-4-8;2*1-2-3;;;;;;;;;;;;;/h1-14,29-30H,(H,25,27)(H,26,28);1,6-11,25H,2-5H3,(H,21,22);1-7,15H,(H,13,14);2*1-2H,3H2;6*1H3;;;;;;;/q-2;10*-1;6*+2;. The average molecular weight is 1750 g/mol. The normalized spacial score (nSPS) is 11.7. The minimum Gasteiger partial charge on any atom is -0.514 e. The third-order valence-electron chi connectivity index (χ3n) is 12.2. The Bertz CT molecular complexity index is 3660. The summed E-state index contributed by atoms with van der Waals surface area (Å²) in [7, 11) is 5.67. The Hall–Kier alpha value is -1.12. The number of benzene rings is 6. The van der Waals surface area contributed by atoms with Crippen LogP contribution in [0.25, 0.3) is 77.3 Å². The molecule has 0 saturated carbocycles. The number of fused-ring (bicyclic) bond motifs is 6. The first kappa shape index (κ1) is 101. The molecule has 1 saturated heterocycles. The summed E-state index contributed by atoms with van der Waals surface area (Å²) in [4.78, 5) is 31.2. The number of nitrogens with zero attached hydrogens (tertiary/aromatic N) is 4. The quantitative estimate of drug-likeness (QED) is 0.0547.